The Morgan fingerprint density at radius 3 is 2.65 bits per heavy atom. The monoisotopic (exact) mass is 238 g/mol. The summed E-state index contributed by atoms with van der Waals surface area (Å²) < 4.78 is 0. The Morgan fingerprint density at radius 1 is 1.29 bits per heavy atom. The van der Waals surface area contributed by atoms with Gasteiger partial charge in [0.25, 0.3) is 0 Å². The lowest BCUT2D eigenvalue weighted by molar-refractivity contribution is -0.127. The molecule has 2 rings (SSSR count). The van der Waals surface area contributed by atoms with Crippen LogP contribution in [0.25, 0.3) is 0 Å². The molecule has 0 aromatic carbocycles. The van der Waals surface area contributed by atoms with Crippen molar-refractivity contribution in [2.24, 2.45) is 11.8 Å². The molecule has 0 aromatic heterocycles. The van der Waals surface area contributed by atoms with Crippen LogP contribution in [0.4, 0.5) is 0 Å². The second kappa shape index (κ2) is 4.97. The highest BCUT2D eigenvalue weighted by Crippen LogP contribution is 2.30. The standard InChI is InChI=1S/C14H26N2O/c1-10-5-6-12(9-11(10)2)16-13(17)14(3)7-4-8-15-14/h10-12,15H,4-9H2,1-3H3,(H,16,17). The number of hydrogen-bond acceptors (Lipinski definition) is 2. The van der Waals surface area contributed by atoms with Gasteiger partial charge >= 0.3 is 0 Å². The zero-order valence-electron chi connectivity index (χ0n) is 11.4. The number of carbonyl (C=O) groups excluding carboxylic acids is 1. The van der Waals surface area contributed by atoms with Crippen molar-refractivity contribution in [3.63, 3.8) is 0 Å². The molecule has 1 amide bonds. The van der Waals surface area contributed by atoms with E-state index in [0.29, 0.717) is 6.04 Å². The minimum atomic E-state index is -0.313. The quantitative estimate of drug-likeness (QED) is 0.773. The Bertz CT molecular complexity index is 284. The topological polar surface area (TPSA) is 41.1 Å². The predicted molar refractivity (Wildman–Crippen MR) is 69.8 cm³/mol. The molecule has 2 N–H and O–H groups in total. The molecule has 2 fully saturated rings. The third-order valence-electron chi connectivity index (χ3n) is 4.80. The number of amides is 1. The Morgan fingerprint density at radius 2 is 2.06 bits per heavy atom. The summed E-state index contributed by atoms with van der Waals surface area (Å²) >= 11 is 0. The molecule has 0 spiro atoms. The summed E-state index contributed by atoms with van der Waals surface area (Å²) in [5.74, 6) is 1.75. The van der Waals surface area contributed by atoms with Gasteiger partial charge < -0.3 is 10.6 Å². The zero-order chi connectivity index (χ0) is 12.5. The third-order valence-corrected chi connectivity index (χ3v) is 4.80. The van der Waals surface area contributed by atoms with Gasteiger partial charge in [-0.2, -0.15) is 0 Å². The fourth-order valence-electron chi connectivity index (χ4n) is 3.11. The van der Waals surface area contributed by atoms with E-state index < -0.39 is 0 Å². The first kappa shape index (κ1) is 12.9. The average Bonchev–Trinajstić information content (AvgIpc) is 2.72. The summed E-state index contributed by atoms with van der Waals surface area (Å²) in [6.07, 6.45) is 5.62. The van der Waals surface area contributed by atoms with E-state index in [9.17, 15) is 4.79 Å². The van der Waals surface area contributed by atoms with Crippen molar-refractivity contribution in [2.45, 2.75) is 64.5 Å². The molecule has 17 heavy (non-hydrogen) atoms. The van der Waals surface area contributed by atoms with Crippen molar-refractivity contribution in [3.05, 3.63) is 0 Å². The van der Waals surface area contributed by atoms with Crippen LogP contribution in [0.3, 0.4) is 0 Å². The predicted octanol–water partition coefficient (Wildman–Crippen LogP) is 2.07. The van der Waals surface area contributed by atoms with Gasteiger partial charge in [0.15, 0.2) is 0 Å². The van der Waals surface area contributed by atoms with E-state index in [1.165, 1.54) is 6.42 Å². The highest BCUT2D eigenvalue weighted by molar-refractivity contribution is 5.86. The lowest BCUT2D eigenvalue weighted by Gasteiger charge is -2.34. The van der Waals surface area contributed by atoms with E-state index in [2.05, 4.69) is 24.5 Å². The molecule has 4 unspecified atom stereocenters. The molecule has 2 aliphatic rings. The Kier molecular flexibility index (Phi) is 3.76. The molecule has 1 saturated carbocycles. The van der Waals surface area contributed by atoms with Crippen LogP contribution in [0.1, 0.15) is 52.9 Å². The molecule has 3 nitrogen and oxygen atoms in total. The molecule has 1 aliphatic heterocycles. The van der Waals surface area contributed by atoms with E-state index >= 15 is 0 Å². The molecule has 3 heteroatoms. The molecule has 0 bridgehead atoms. The number of hydrogen-bond donors (Lipinski definition) is 2. The van der Waals surface area contributed by atoms with E-state index in [-0.39, 0.29) is 11.4 Å². The highest BCUT2D eigenvalue weighted by atomic mass is 16.2. The van der Waals surface area contributed by atoms with Crippen LogP contribution in [-0.4, -0.2) is 24.0 Å². The molecular formula is C14H26N2O. The van der Waals surface area contributed by atoms with Gasteiger partial charge in [-0.15, -0.1) is 0 Å². The molecule has 1 saturated heterocycles. The van der Waals surface area contributed by atoms with Crippen LogP contribution in [0.5, 0.6) is 0 Å². The Labute approximate surface area is 105 Å². The van der Waals surface area contributed by atoms with Crippen molar-refractivity contribution in [1.29, 1.82) is 0 Å². The second-order valence-electron chi connectivity index (χ2n) is 6.30. The van der Waals surface area contributed by atoms with Crippen LogP contribution in [0, 0.1) is 11.8 Å². The average molecular weight is 238 g/mol. The minimum Gasteiger partial charge on any atom is -0.352 e. The van der Waals surface area contributed by atoms with Crippen LogP contribution in [-0.2, 0) is 4.79 Å². The molecule has 4 atom stereocenters. The number of nitrogens with one attached hydrogen (secondary N) is 2. The molecule has 98 valence electrons. The highest BCUT2D eigenvalue weighted by Gasteiger charge is 2.37. The van der Waals surface area contributed by atoms with E-state index in [1.807, 2.05) is 6.92 Å². The summed E-state index contributed by atoms with van der Waals surface area (Å²) in [5, 5.41) is 6.58. The van der Waals surface area contributed by atoms with Crippen molar-refractivity contribution >= 4 is 5.91 Å². The maximum Gasteiger partial charge on any atom is 0.240 e. The zero-order valence-corrected chi connectivity index (χ0v) is 11.4. The summed E-state index contributed by atoms with van der Waals surface area (Å²) in [4.78, 5) is 12.2. The van der Waals surface area contributed by atoms with Gasteiger partial charge in [-0.05, 0) is 57.4 Å². The van der Waals surface area contributed by atoms with Gasteiger partial charge in [-0.1, -0.05) is 13.8 Å². The maximum atomic E-state index is 12.2. The first-order valence-corrected chi connectivity index (χ1v) is 7.07. The van der Waals surface area contributed by atoms with Gasteiger partial charge in [-0.25, -0.2) is 0 Å². The van der Waals surface area contributed by atoms with Crippen molar-refractivity contribution in [2.75, 3.05) is 6.54 Å². The minimum absolute atomic E-state index is 0.210. The Balaban J connectivity index is 1.86. The molecule has 0 aromatic rings. The van der Waals surface area contributed by atoms with Gasteiger partial charge in [0.1, 0.15) is 0 Å². The first-order chi connectivity index (χ1) is 8.01. The van der Waals surface area contributed by atoms with Crippen LogP contribution in [0.2, 0.25) is 0 Å². The number of carbonyl (C=O) groups is 1. The summed E-state index contributed by atoms with van der Waals surface area (Å²) in [6, 6.07) is 0.396. The normalized spacial score (nSPS) is 42.4. The summed E-state index contributed by atoms with van der Waals surface area (Å²) in [6.45, 7) is 7.63. The largest absolute Gasteiger partial charge is 0.352 e. The molecular weight excluding hydrogens is 212 g/mol. The summed E-state index contributed by atoms with van der Waals surface area (Å²) in [5.41, 5.74) is -0.313. The fourth-order valence-corrected chi connectivity index (χ4v) is 3.11. The van der Waals surface area contributed by atoms with Gasteiger partial charge in [0.2, 0.25) is 5.91 Å². The van der Waals surface area contributed by atoms with Gasteiger partial charge in [-0.3, -0.25) is 4.79 Å². The van der Waals surface area contributed by atoms with Crippen LogP contribution in [0.15, 0.2) is 0 Å². The third kappa shape index (κ3) is 2.82. The second-order valence-corrected chi connectivity index (χ2v) is 6.30. The van der Waals surface area contributed by atoms with Crippen LogP contribution < -0.4 is 10.6 Å². The van der Waals surface area contributed by atoms with Crippen molar-refractivity contribution in [1.82, 2.24) is 10.6 Å². The molecule has 1 heterocycles. The van der Waals surface area contributed by atoms with Crippen molar-refractivity contribution < 1.29 is 4.79 Å². The molecule has 0 radical (unpaired) electrons. The Hall–Kier alpha value is -0.570. The first-order valence-electron chi connectivity index (χ1n) is 7.07. The smallest absolute Gasteiger partial charge is 0.240 e. The number of rotatable bonds is 2. The van der Waals surface area contributed by atoms with Crippen molar-refractivity contribution in [3.8, 4) is 0 Å². The SMILES string of the molecule is CC1CCC(NC(=O)C2(C)CCCN2)CC1C. The van der Waals surface area contributed by atoms with Gasteiger partial charge in [0, 0.05) is 6.04 Å². The lowest BCUT2D eigenvalue weighted by atomic mass is 9.79. The van der Waals surface area contributed by atoms with Crippen LogP contribution >= 0.6 is 0 Å². The van der Waals surface area contributed by atoms with E-state index in [0.717, 1.165) is 44.1 Å². The van der Waals surface area contributed by atoms with E-state index in [1.54, 1.807) is 0 Å². The van der Waals surface area contributed by atoms with E-state index in [4.69, 9.17) is 0 Å². The maximum absolute atomic E-state index is 12.2. The fraction of sp³-hybridized carbons (Fsp3) is 0.929. The molecule has 1 aliphatic carbocycles. The lowest BCUT2D eigenvalue weighted by Crippen LogP contribution is -2.54. The summed E-state index contributed by atoms with van der Waals surface area (Å²) in [7, 11) is 0. The van der Waals surface area contributed by atoms with Gasteiger partial charge in [0.05, 0.1) is 5.54 Å².